The number of thiazole rings is 1. The van der Waals surface area contributed by atoms with E-state index in [1.165, 1.54) is 23.1 Å². The third-order valence-electron chi connectivity index (χ3n) is 4.57. The summed E-state index contributed by atoms with van der Waals surface area (Å²) >= 11 is 3.68. The predicted octanol–water partition coefficient (Wildman–Crippen LogP) is 0.132. The quantitative estimate of drug-likeness (QED) is 0.180. The summed E-state index contributed by atoms with van der Waals surface area (Å²) in [5, 5.41) is 25.5. The van der Waals surface area contributed by atoms with Crippen LogP contribution in [0, 0.1) is 0 Å². The van der Waals surface area contributed by atoms with Crippen LogP contribution >= 0.6 is 34.4 Å². The van der Waals surface area contributed by atoms with Gasteiger partial charge in [-0.2, -0.15) is 0 Å². The van der Waals surface area contributed by atoms with Crippen LogP contribution in [0.25, 0.3) is 0 Å². The molecule has 4 N–H and O–H groups in total. The number of fused-ring (bicyclic) bond motifs is 1. The van der Waals surface area contributed by atoms with Crippen molar-refractivity contribution in [1.82, 2.24) is 25.4 Å². The number of amides is 2. The molecule has 2 aliphatic rings. The number of aliphatic carboxylic acids is 1. The zero-order chi connectivity index (χ0) is 23.5. The highest BCUT2D eigenvalue weighted by Gasteiger charge is 2.55. The molecule has 2 atom stereocenters. The maximum absolute atomic E-state index is 12.8. The maximum atomic E-state index is 12.8. The first-order valence-corrected chi connectivity index (χ1v) is 12.2. The van der Waals surface area contributed by atoms with E-state index in [0.717, 1.165) is 16.2 Å². The molecule has 1 fully saturated rings. The number of hydrogen-bond acceptors (Lipinski definition) is 13. The van der Waals surface area contributed by atoms with Crippen molar-refractivity contribution in [2.45, 2.75) is 23.3 Å². The Kier molecular flexibility index (Phi) is 6.75. The van der Waals surface area contributed by atoms with Crippen LogP contribution in [-0.2, 0) is 24.0 Å². The fourth-order valence-electron chi connectivity index (χ4n) is 3.16. The fraction of sp³-hybridized carbons (Fsp3) is 0.353. The molecule has 0 radical (unpaired) electrons. The molecule has 1 saturated heterocycles. The van der Waals surface area contributed by atoms with E-state index >= 15 is 0 Å². The Morgan fingerprint density at radius 1 is 1.48 bits per heavy atom. The Labute approximate surface area is 198 Å². The molecule has 4 rings (SSSR count). The molecule has 0 aliphatic carbocycles. The zero-order valence-electron chi connectivity index (χ0n) is 17.0. The van der Waals surface area contributed by atoms with Crippen molar-refractivity contribution in [2.24, 2.45) is 5.16 Å². The van der Waals surface area contributed by atoms with E-state index in [-0.39, 0.29) is 47.0 Å². The Morgan fingerprint density at radius 2 is 2.30 bits per heavy atom. The standard InChI is InChI=1S/C17H17N7O6S3/c1-2-30-23-10(7-4-31-16(18)20-7)13(25)21-11-8-3-29-9(5-32-17-22-19-6-33-17)12(15(27)28)24(8)14(11)26/h4,6,8,11H,2-3,5H2,1H3,(H2,18,20)(H,21,25)(H,27,28)/b23-10-. The largest absolute Gasteiger partial charge is 0.492 e. The zero-order valence-corrected chi connectivity index (χ0v) is 19.4. The molecular formula is C17H17N7O6S3. The number of carboxylic acids is 1. The van der Waals surface area contributed by atoms with Gasteiger partial charge >= 0.3 is 5.97 Å². The highest BCUT2D eigenvalue weighted by atomic mass is 32.2. The topological polar surface area (TPSA) is 182 Å². The first-order chi connectivity index (χ1) is 15.9. The van der Waals surface area contributed by atoms with Crippen molar-refractivity contribution in [2.75, 3.05) is 24.7 Å². The van der Waals surface area contributed by atoms with Gasteiger partial charge in [0.25, 0.3) is 11.8 Å². The number of anilines is 1. The van der Waals surface area contributed by atoms with E-state index in [4.69, 9.17) is 15.3 Å². The summed E-state index contributed by atoms with van der Waals surface area (Å²) in [6.45, 7) is 1.93. The number of carbonyl (C=O) groups is 3. The van der Waals surface area contributed by atoms with E-state index < -0.39 is 29.9 Å². The summed E-state index contributed by atoms with van der Waals surface area (Å²) in [7, 11) is 0. The molecule has 2 unspecified atom stereocenters. The van der Waals surface area contributed by atoms with Gasteiger partial charge in [0.2, 0.25) is 0 Å². The molecular weight excluding hydrogens is 494 g/mol. The van der Waals surface area contributed by atoms with E-state index in [2.05, 4.69) is 25.7 Å². The lowest BCUT2D eigenvalue weighted by Gasteiger charge is -2.49. The molecule has 4 heterocycles. The molecule has 0 aromatic carbocycles. The van der Waals surface area contributed by atoms with Gasteiger partial charge in [-0.15, -0.1) is 21.5 Å². The molecule has 33 heavy (non-hydrogen) atoms. The second-order valence-electron chi connectivity index (χ2n) is 6.54. The molecule has 2 aromatic rings. The molecule has 0 bridgehead atoms. The van der Waals surface area contributed by atoms with Crippen LogP contribution < -0.4 is 11.1 Å². The normalized spacial score (nSPS) is 20.1. The number of aromatic nitrogens is 3. The van der Waals surface area contributed by atoms with Crippen LogP contribution in [0.2, 0.25) is 0 Å². The highest BCUT2D eigenvalue weighted by molar-refractivity contribution is 8.01. The SMILES string of the molecule is CCO/N=C(\C(=O)NC1C(=O)N2C(C(=O)O)=C(CSc3nncs3)OCC12)c1csc(N)n1. The van der Waals surface area contributed by atoms with Gasteiger partial charge in [-0.1, -0.05) is 28.3 Å². The summed E-state index contributed by atoms with van der Waals surface area (Å²) in [5.74, 6) is -2.26. The lowest BCUT2D eigenvalue weighted by molar-refractivity contribution is -0.160. The fourth-order valence-corrected chi connectivity index (χ4v) is 5.15. The molecule has 2 aliphatic heterocycles. The minimum absolute atomic E-state index is 0.0149. The number of oxime groups is 1. The number of β-lactam (4-membered cyclic amide) rings is 1. The van der Waals surface area contributed by atoms with Crippen LogP contribution in [0.15, 0.2) is 31.8 Å². The monoisotopic (exact) mass is 511 g/mol. The van der Waals surface area contributed by atoms with Crippen LogP contribution in [-0.4, -0.2) is 79.7 Å². The van der Waals surface area contributed by atoms with E-state index in [1.807, 2.05) is 0 Å². The van der Waals surface area contributed by atoms with Crippen LogP contribution in [0.4, 0.5) is 5.13 Å². The Balaban J connectivity index is 1.49. The minimum Gasteiger partial charge on any atom is -0.492 e. The Hall–Kier alpha value is -3.24. The van der Waals surface area contributed by atoms with Crippen molar-refractivity contribution in [3.05, 3.63) is 28.0 Å². The van der Waals surface area contributed by atoms with Crippen LogP contribution in [0.1, 0.15) is 12.6 Å². The third kappa shape index (κ3) is 4.62. The number of carboxylic acid groups (broad SMARTS) is 1. The third-order valence-corrected chi connectivity index (χ3v) is 7.11. The van der Waals surface area contributed by atoms with E-state index in [0.29, 0.717) is 4.34 Å². The molecule has 13 nitrogen and oxygen atoms in total. The van der Waals surface area contributed by atoms with Gasteiger partial charge in [0.15, 0.2) is 20.9 Å². The molecule has 174 valence electrons. The second-order valence-corrected chi connectivity index (χ2v) is 9.48. The number of hydrogen-bond donors (Lipinski definition) is 3. The van der Waals surface area contributed by atoms with Crippen molar-refractivity contribution in [3.63, 3.8) is 0 Å². The van der Waals surface area contributed by atoms with Gasteiger partial charge in [0.1, 0.15) is 42.3 Å². The highest BCUT2D eigenvalue weighted by Crippen LogP contribution is 2.35. The molecule has 0 spiro atoms. The van der Waals surface area contributed by atoms with Crippen molar-refractivity contribution < 1.29 is 29.1 Å². The number of carbonyl (C=O) groups excluding carboxylic acids is 2. The van der Waals surface area contributed by atoms with Crippen LogP contribution in [0.3, 0.4) is 0 Å². The minimum atomic E-state index is -1.30. The van der Waals surface area contributed by atoms with Gasteiger partial charge in [-0.3, -0.25) is 14.5 Å². The van der Waals surface area contributed by atoms with Gasteiger partial charge in [0, 0.05) is 5.38 Å². The van der Waals surface area contributed by atoms with Gasteiger partial charge in [-0.25, -0.2) is 9.78 Å². The van der Waals surface area contributed by atoms with E-state index in [1.54, 1.807) is 17.8 Å². The summed E-state index contributed by atoms with van der Waals surface area (Å²) in [6, 6.07) is -1.68. The van der Waals surface area contributed by atoms with Gasteiger partial charge < -0.3 is 25.7 Å². The number of thioether (sulfide) groups is 1. The number of nitrogen functional groups attached to an aromatic ring is 1. The summed E-state index contributed by atoms with van der Waals surface area (Å²) in [6.07, 6.45) is 0. The average molecular weight is 512 g/mol. The van der Waals surface area contributed by atoms with Crippen LogP contribution in [0.5, 0.6) is 0 Å². The average Bonchev–Trinajstić information content (AvgIpc) is 3.47. The summed E-state index contributed by atoms with van der Waals surface area (Å²) < 4.78 is 6.31. The molecule has 2 aromatic heterocycles. The van der Waals surface area contributed by atoms with Gasteiger partial charge in [0.05, 0.1) is 5.75 Å². The Morgan fingerprint density at radius 3 is 2.94 bits per heavy atom. The van der Waals surface area contributed by atoms with E-state index in [9.17, 15) is 19.5 Å². The smallest absolute Gasteiger partial charge is 0.356 e. The number of rotatable bonds is 9. The lowest BCUT2D eigenvalue weighted by Crippen LogP contribution is -2.73. The molecule has 16 heteroatoms. The number of nitrogens with zero attached hydrogens (tertiary/aromatic N) is 5. The molecule has 2 amide bonds. The molecule has 0 saturated carbocycles. The van der Waals surface area contributed by atoms with Gasteiger partial charge in [-0.05, 0) is 6.92 Å². The number of ether oxygens (including phenoxy) is 1. The number of nitrogens with two attached hydrogens (primary N) is 1. The number of nitrogens with one attached hydrogen (secondary N) is 1. The van der Waals surface area contributed by atoms with Crippen molar-refractivity contribution in [1.29, 1.82) is 0 Å². The summed E-state index contributed by atoms with van der Waals surface area (Å²) in [5.41, 5.74) is 7.00. The van der Waals surface area contributed by atoms with Crippen molar-refractivity contribution >= 4 is 63.1 Å². The maximum Gasteiger partial charge on any atom is 0.356 e. The lowest BCUT2D eigenvalue weighted by atomic mass is 9.92. The second kappa shape index (κ2) is 9.72. The van der Waals surface area contributed by atoms with Crippen molar-refractivity contribution in [3.8, 4) is 0 Å². The predicted molar refractivity (Wildman–Crippen MR) is 119 cm³/mol. The summed E-state index contributed by atoms with van der Waals surface area (Å²) in [4.78, 5) is 47.7. The first kappa shape index (κ1) is 22.9. The Bertz CT molecular complexity index is 1130. The first-order valence-electron chi connectivity index (χ1n) is 9.44.